The largest absolute Gasteiger partial charge is 0.490 e. The summed E-state index contributed by atoms with van der Waals surface area (Å²) in [7, 11) is 0. The van der Waals surface area contributed by atoms with E-state index in [0.29, 0.717) is 12.5 Å². The molecule has 0 saturated carbocycles. The Kier molecular flexibility index (Phi) is 4.37. The summed E-state index contributed by atoms with van der Waals surface area (Å²) >= 11 is 0. The molecular weight excluding hydrogens is 258 g/mol. The monoisotopic (exact) mass is 279 g/mol. The summed E-state index contributed by atoms with van der Waals surface area (Å²) in [5, 5.41) is 3.55. The molecule has 1 atom stereocenters. The molecule has 1 aliphatic carbocycles. The van der Waals surface area contributed by atoms with Crippen molar-refractivity contribution in [2.45, 2.75) is 18.9 Å². The van der Waals surface area contributed by atoms with Crippen LogP contribution in [-0.4, -0.2) is 13.2 Å². The van der Waals surface area contributed by atoms with Gasteiger partial charge < -0.3 is 10.1 Å². The fraction of sp³-hybridized carbons (Fsp3) is 0.263. The van der Waals surface area contributed by atoms with E-state index >= 15 is 0 Å². The Hall–Kier alpha value is -2.06. The molecule has 0 fully saturated rings. The van der Waals surface area contributed by atoms with E-state index in [2.05, 4.69) is 48.3 Å². The van der Waals surface area contributed by atoms with Gasteiger partial charge in [-0.05, 0) is 35.2 Å². The van der Waals surface area contributed by atoms with Gasteiger partial charge in [-0.2, -0.15) is 0 Å². The van der Waals surface area contributed by atoms with Crippen LogP contribution in [-0.2, 0) is 13.0 Å². The fourth-order valence-electron chi connectivity index (χ4n) is 2.79. The van der Waals surface area contributed by atoms with Gasteiger partial charge in [0.1, 0.15) is 12.4 Å². The molecule has 3 rings (SSSR count). The lowest BCUT2D eigenvalue weighted by Crippen LogP contribution is -2.28. The van der Waals surface area contributed by atoms with Crippen molar-refractivity contribution in [3.8, 4) is 5.75 Å². The third-order valence-electron chi connectivity index (χ3n) is 3.97. The Labute approximate surface area is 126 Å². The maximum Gasteiger partial charge on any atom is 0.119 e. The first-order chi connectivity index (χ1) is 10.4. The molecule has 0 bridgehead atoms. The lowest BCUT2D eigenvalue weighted by atomic mass is 9.77. The SMILES string of the molecule is C=CCOc1ccc(CNCC2Cc3ccccc32)cc1. The molecule has 0 aliphatic heterocycles. The Morgan fingerprint density at radius 1 is 1.14 bits per heavy atom. The summed E-state index contributed by atoms with van der Waals surface area (Å²) in [6.07, 6.45) is 2.96. The van der Waals surface area contributed by atoms with Crippen LogP contribution in [0.4, 0.5) is 0 Å². The van der Waals surface area contributed by atoms with Crippen LogP contribution in [0.3, 0.4) is 0 Å². The smallest absolute Gasteiger partial charge is 0.119 e. The number of benzene rings is 2. The van der Waals surface area contributed by atoms with Gasteiger partial charge >= 0.3 is 0 Å². The molecule has 2 heteroatoms. The summed E-state index contributed by atoms with van der Waals surface area (Å²) in [5.41, 5.74) is 4.31. The van der Waals surface area contributed by atoms with E-state index in [1.807, 2.05) is 12.1 Å². The Balaban J connectivity index is 1.45. The molecule has 0 amide bonds. The first-order valence-corrected chi connectivity index (χ1v) is 7.48. The number of hydrogen-bond acceptors (Lipinski definition) is 2. The number of ether oxygens (including phenoxy) is 1. The summed E-state index contributed by atoms with van der Waals surface area (Å²) in [4.78, 5) is 0. The van der Waals surface area contributed by atoms with Crippen LogP contribution in [0.25, 0.3) is 0 Å². The minimum Gasteiger partial charge on any atom is -0.490 e. The number of fused-ring (bicyclic) bond motifs is 1. The maximum absolute atomic E-state index is 5.48. The summed E-state index contributed by atoms with van der Waals surface area (Å²) < 4.78 is 5.48. The van der Waals surface area contributed by atoms with E-state index in [9.17, 15) is 0 Å². The maximum atomic E-state index is 5.48. The van der Waals surface area contributed by atoms with Crippen molar-refractivity contribution in [3.63, 3.8) is 0 Å². The van der Waals surface area contributed by atoms with Crippen LogP contribution in [0.1, 0.15) is 22.6 Å². The van der Waals surface area contributed by atoms with Gasteiger partial charge in [-0.1, -0.05) is 49.1 Å². The van der Waals surface area contributed by atoms with E-state index in [1.54, 1.807) is 6.08 Å². The molecule has 1 unspecified atom stereocenters. The molecule has 0 heterocycles. The minimum absolute atomic E-state index is 0.554. The topological polar surface area (TPSA) is 21.3 Å². The second kappa shape index (κ2) is 6.59. The molecule has 1 N–H and O–H groups in total. The highest BCUT2D eigenvalue weighted by atomic mass is 16.5. The molecule has 0 radical (unpaired) electrons. The van der Waals surface area contributed by atoms with Crippen LogP contribution in [0.5, 0.6) is 5.75 Å². The average molecular weight is 279 g/mol. The second-order valence-electron chi connectivity index (χ2n) is 5.47. The van der Waals surface area contributed by atoms with Crippen molar-refractivity contribution in [1.82, 2.24) is 5.32 Å². The zero-order chi connectivity index (χ0) is 14.5. The van der Waals surface area contributed by atoms with E-state index in [1.165, 1.54) is 23.1 Å². The van der Waals surface area contributed by atoms with Gasteiger partial charge in [0.25, 0.3) is 0 Å². The molecule has 2 aromatic rings. The van der Waals surface area contributed by atoms with Crippen LogP contribution >= 0.6 is 0 Å². The Bertz CT molecular complexity index is 603. The molecule has 21 heavy (non-hydrogen) atoms. The van der Waals surface area contributed by atoms with Gasteiger partial charge in [0.05, 0.1) is 0 Å². The van der Waals surface area contributed by atoms with E-state index in [-0.39, 0.29) is 0 Å². The van der Waals surface area contributed by atoms with Crippen LogP contribution in [0.15, 0.2) is 61.2 Å². The van der Waals surface area contributed by atoms with Gasteiger partial charge in [0, 0.05) is 19.0 Å². The molecule has 108 valence electrons. The highest BCUT2D eigenvalue weighted by Crippen LogP contribution is 2.34. The molecular formula is C19H21NO. The second-order valence-corrected chi connectivity index (χ2v) is 5.47. The predicted octanol–water partition coefficient (Wildman–Crippen LogP) is 3.68. The highest BCUT2D eigenvalue weighted by Gasteiger charge is 2.24. The number of nitrogens with one attached hydrogen (secondary N) is 1. The normalized spacial score (nSPS) is 15.9. The number of rotatable bonds is 7. The molecule has 2 aromatic carbocycles. The quantitative estimate of drug-likeness (QED) is 0.781. The van der Waals surface area contributed by atoms with Crippen molar-refractivity contribution in [2.24, 2.45) is 0 Å². The van der Waals surface area contributed by atoms with Crippen molar-refractivity contribution < 1.29 is 4.74 Å². The Morgan fingerprint density at radius 2 is 1.95 bits per heavy atom. The predicted molar refractivity (Wildman–Crippen MR) is 86.7 cm³/mol. The molecule has 0 aromatic heterocycles. The third kappa shape index (κ3) is 3.34. The zero-order valence-electron chi connectivity index (χ0n) is 12.2. The first-order valence-electron chi connectivity index (χ1n) is 7.48. The highest BCUT2D eigenvalue weighted by molar-refractivity contribution is 5.40. The first kappa shape index (κ1) is 13.9. The van der Waals surface area contributed by atoms with Gasteiger partial charge in [-0.3, -0.25) is 0 Å². The van der Waals surface area contributed by atoms with E-state index in [0.717, 1.165) is 18.8 Å². The summed E-state index contributed by atoms with van der Waals surface area (Å²) in [6.45, 7) is 6.15. The van der Waals surface area contributed by atoms with E-state index in [4.69, 9.17) is 4.74 Å². The fourth-order valence-corrected chi connectivity index (χ4v) is 2.79. The van der Waals surface area contributed by atoms with Gasteiger partial charge in [0.2, 0.25) is 0 Å². The van der Waals surface area contributed by atoms with Crippen molar-refractivity contribution >= 4 is 0 Å². The molecule has 0 spiro atoms. The van der Waals surface area contributed by atoms with E-state index < -0.39 is 0 Å². The van der Waals surface area contributed by atoms with Crippen molar-refractivity contribution in [1.29, 1.82) is 0 Å². The zero-order valence-corrected chi connectivity index (χ0v) is 12.2. The average Bonchev–Trinajstić information content (AvgIpc) is 2.51. The van der Waals surface area contributed by atoms with Crippen LogP contribution in [0.2, 0.25) is 0 Å². The van der Waals surface area contributed by atoms with Gasteiger partial charge in [-0.15, -0.1) is 0 Å². The molecule has 1 aliphatic rings. The lowest BCUT2D eigenvalue weighted by Gasteiger charge is -2.30. The summed E-state index contributed by atoms with van der Waals surface area (Å²) in [6, 6.07) is 17.0. The van der Waals surface area contributed by atoms with Crippen molar-refractivity contribution in [3.05, 3.63) is 77.9 Å². The van der Waals surface area contributed by atoms with Crippen LogP contribution < -0.4 is 10.1 Å². The Morgan fingerprint density at radius 3 is 2.71 bits per heavy atom. The standard InChI is InChI=1S/C19H21NO/c1-2-11-21-18-9-7-15(8-10-18)13-20-14-17-12-16-5-3-4-6-19(16)17/h2-10,17,20H,1,11-14H2. The van der Waals surface area contributed by atoms with Crippen LogP contribution in [0, 0.1) is 0 Å². The summed E-state index contributed by atoms with van der Waals surface area (Å²) in [5.74, 6) is 1.57. The number of hydrogen-bond donors (Lipinski definition) is 1. The van der Waals surface area contributed by atoms with Crippen molar-refractivity contribution in [2.75, 3.05) is 13.2 Å². The lowest BCUT2D eigenvalue weighted by molar-refractivity contribution is 0.363. The third-order valence-corrected chi connectivity index (χ3v) is 3.97. The van der Waals surface area contributed by atoms with Gasteiger partial charge in [0.15, 0.2) is 0 Å². The van der Waals surface area contributed by atoms with Gasteiger partial charge in [-0.25, -0.2) is 0 Å². The molecule has 0 saturated heterocycles. The molecule has 2 nitrogen and oxygen atoms in total. The minimum atomic E-state index is 0.554.